The quantitative estimate of drug-likeness (QED) is 0.496. The molecule has 2 aliphatic rings. The summed E-state index contributed by atoms with van der Waals surface area (Å²) in [5, 5.41) is 0. The number of carbonyl (C=O) groups excluding carboxylic acids is 1. The molecular weight excluding hydrogens is 434 g/mol. The first-order valence-corrected chi connectivity index (χ1v) is 10.9. The van der Waals surface area contributed by atoms with Crippen molar-refractivity contribution in [2.75, 3.05) is 28.1 Å². The summed E-state index contributed by atoms with van der Waals surface area (Å²) < 4.78 is 28.2. The number of rotatable bonds is 6. The number of benzene rings is 3. The molecule has 34 heavy (non-hydrogen) atoms. The first kappa shape index (κ1) is 21.9. The van der Waals surface area contributed by atoms with E-state index in [-0.39, 0.29) is 11.5 Å². The Morgan fingerprint density at radius 1 is 0.941 bits per heavy atom. The van der Waals surface area contributed by atoms with Gasteiger partial charge in [0.05, 0.1) is 32.5 Å². The van der Waals surface area contributed by atoms with Crippen LogP contribution in [0.1, 0.15) is 27.0 Å². The molecule has 0 aromatic heterocycles. The summed E-state index contributed by atoms with van der Waals surface area (Å²) >= 11 is 0. The van der Waals surface area contributed by atoms with Crippen LogP contribution in [-0.2, 0) is 13.1 Å². The largest absolute Gasteiger partial charge is 0.496 e. The number of hydrogen-bond acceptors (Lipinski definition) is 7. The van der Waals surface area contributed by atoms with Gasteiger partial charge in [-0.2, -0.15) is 0 Å². The first-order chi connectivity index (χ1) is 16.6. The van der Waals surface area contributed by atoms with Crippen molar-refractivity contribution in [2.45, 2.75) is 13.1 Å². The highest BCUT2D eigenvalue weighted by molar-refractivity contribution is 6.15. The molecular formula is C27H25NO6. The zero-order chi connectivity index (χ0) is 23.7. The van der Waals surface area contributed by atoms with Crippen LogP contribution in [0.2, 0.25) is 0 Å². The number of nitrogens with zero attached hydrogens (tertiary/aromatic N) is 1. The van der Waals surface area contributed by atoms with Gasteiger partial charge in [0, 0.05) is 18.7 Å². The van der Waals surface area contributed by atoms with Gasteiger partial charge in [-0.3, -0.25) is 9.69 Å². The molecule has 2 aliphatic heterocycles. The second-order valence-electron chi connectivity index (χ2n) is 8.05. The lowest BCUT2D eigenvalue weighted by atomic mass is 10.0. The van der Waals surface area contributed by atoms with Gasteiger partial charge in [-0.05, 0) is 42.0 Å². The third-order valence-corrected chi connectivity index (χ3v) is 5.97. The van der Waals surface area contributed by atoms with Crippen molar-refractivity contribution >= 4 is 11.9 Å². The Bertz CT molecular complexity index is 1280. The van der Waals surface area contributed by atoms with Gasteiger partial charge in [0.25, 0.3) is 0 Å². The molecule has 0 amide bonds. The fraction of sp³-hybridized carbons (Fsp3) is 0.222. The molecule has 0 aliphatic carbocycles. The maximum atomic E-state index is 13.1. The van der Waals surface area contributed by atoms with Gasteiger partial charge in [0.2, 0.25) is 5.78 Å². The van der Waals surface area contributed by atoms with Crippen LogP contribution in [0.25, 0.3) is 6.08 Å². The molecule has 3 aromatic rings. The van der Waals surface area contributed by atoms with Crippen LogP contribution in [0.5, 0.6) is 28.7 Å². The Hall–Kier alpha value is -3.97. The fourth-order valence-corrected chi connectivity index (χ4v) is 4.27. The van der Waals surface area contributed by atoms with E-state index in [1.165, 1.54) is 0 Å². The smallest absolute Gasteiger partial charge is 0.231 e. The van der Waals surface area contributed by atoms with Gasteiger partial charge < -0.3 is 23.7 Å². The molecule has 0 spiro atoms. The molecule has 0 saturated heterocycles. The topological polar surface area (TPSA) is 66.5 Å². The molecule has 2 heterocycles. The molecule has 0 radical (unpaired) electrons. The van der Waals surface area contributed by atoms with E-state index in [9.17, 15) is 4.79 Å². The number of allylic oxidation sites excluding steroid dienone is 1. The van der Waals surface area contributed by atoms with Crippen LogP contribution in [0, 0.1) is 0 Å². The van der Waals surface area contributed by atoms with E-state index in [1.807, 2.05) is 36.4 Å². The van der Waals surface area contributed by atoms with Crippen molar-refractivity contribution in [3.8, 4) is 28.7 Å². The van der Waals surface area contributed by atoms with Crippen LogP contribution < -0.4 is 23.7 Å². The molecule has 0 N–H and O–H groups in total. The molecule has 0 saturated carbocycles. The van der Waals surface area contributed by atoms with Gasteiger partial charge in [-0.1, -0.05) is 24.3 Å². The number of methoxy groups -OCH3 is 3. The number of carbonyl (C=O) groups is 1. The standard InChI is InChI=1S/C27H25NO6/c1-30-21-7-5-4-6-18(21)14-28-15-20-22(33-16-28)11-9-19-26(29)25(34-27(19)20)13-17-8-10-23(31-2)24(12-17)32-3/h4-13H,14-16H2,1-3H3/b25-13-. The normalized spacial score (nSPS) is 15.9. The van der Waals surface area contributed by atoms with E-state index in [0.717, 1.165) is 28.2 Å². The highest BCUT2D eigenvalue weighted by atomic mass is 16.5. The van der Waals surface area contributed by atoms with E-state index in [0.29, 0.717) is 42.6 Å². The zero-order valence-electron chi connectivity index (χ0n) is 19.3. The summed E-state index contributed by atoms with van der Waals surface area (Å²) in [4.78, 5) is 15.2. The van der Waals surface area contributed by atoms with Crippen molar-refractivity contribution in [1.82, 2.24) is 4.90 Å². The zero-order valence-corrected chi connectivity index (χ0v) is 19.3. The van der Waals surface area contributed by atoms with Crippen LogP contribution in [0.4, 0.5) is 0 Å². The lowest BCUT2D eigenvalue weighted by Gasteiger charge is -2.30. The van der Waals surface area contributed by atoms with Gasteiger partial charge in [-0.25, -0.2) is 0 Å². The third-order valence-electron chi connectivity index (χ3n) is 5.97. The predicted octanol–water partition coefficient (Wildman–Crippen LogP) is 4.68. The van der Waals surface area contributed by atoms with Crippen LogP contribution in [0.15, 0.2) is 60.4 Å². The number of ether oxygens (including phenoxy) is 5. The number of Topliss-reactive ketones (excluding diaryl/α,β-unsaturated/α-hetero) is 1. The molecule has 0 fully saturated rings. The Balaban J connectivity index is 1.42. The predicted molar refractivity (Wildman–Crippen MR) is 127 cm³/mol. The summed E-state index contributed by atoms with van der Waals surface area (Å²) in [6, 6.07) is 17.0. The summed E-state index contributed by atoms with van der Waals surface area (Å²) in [6.45, 7) is 1.68. The minimum absolute atomic E-state index is 0.158. The van der Waals surface area contributed by atoms with Gasteiger partial charge in [-0.15, -0.1) is 0 Å². The van der Waals surface area contributed by atoms with Crippen molar-refractivity contribution in [1.29, 1.82) is 0 Å². The van der Waals surface area contributed by atoms with Crippen LogP contribution >= 0.6 is 0 Å². The van der Waals surface area contributed by atoms with E-state index in [1.54, 1.807) is 45.6 Å². The molecule has 174 valence electrons. The number of hydrogen-bond donors (Lipinski definition) is 0. The van der Waals surface area contributed by atoms with Crippen molar-refractivity contribution in [3.05, 3.63) is 82.6 Å². The Morgan fingerprint density at radius 3 is 2.53 bits per heavy atom. The monoisotopic (exact) mass is 459 g/mol. The second kappa shape index (κ2) is 9.11. The van der Waals surface area contributed by atoms with Crippen molar-refractivity contribution < 1.29 is 28.5 Å². The molecule has 0 atom stereocenters. The second-order valence-corrected chi connectivity index (χ2v) is 8.05. The van der Waals surface area contributed by atoms with Gasteiger partial charge in [0.15, 0.2) is 17.3 Å². The van der Waals surface area contributed by atoms with E-state index in [2.05, 4.69) is 4.90 Å². The molecule has 0 unspecified atom stereocenters. The SMILES string of the molecule is COc1ccccc1CN1COc2ccc3c(c2C1)O/C(=C\c1ccc(OC)c(OC)c1)C3=O. The summed E-state index contributed by atoms with van der Waals surface area (Å²) in [5.74, 6) is 3.42. The highest BCUT2D eigenvalue weighted by Gasteiger charge is 2.33. The Labute approximate surface area is 198 Å². The number of ketones is 1. The lowest BCUT2D eigenvalue weighted by molar-refractivity contribution is 0.0865. The average Bonchev–Trinajstić information content (AvgIpc) is 3.19. The number of para-hydroxylation sites is 1. The van der Waals surface area contributed by atoms with Gasteiger partial charge >= 0.3 is 0 Å². The minimum atomic E-state index is -0.158. The molecule has 7 nitrogen and oxygen atoms in total. The fourth-order valence-electron chi connectivity index (χ4n) is 4.27. The molecule has 7 heteroatoms. The number of fused-ring (bicyclic) bond motifs is 3. The molecule has 0 bridgehead atoms. The van der Waals surface area contributed by atoms with E-state index >= 15 is 0 Å². The first-order valence-electron chi connectivity index (χ1n) is 10.9. The molecule has 3 aromatic carbocycles. The van der Waals surface area contributed by atoms with Crippen LogP contribution in [-0.4, -0.2) is 38.7 Å². The Kier molecular flexibility index (Phi) is 5.86. The molecule has 5 rings (SSSR count). The Morgan fingerprint density at radius 2 is 1.74 bits per heavy atom. The van der Waals surface area contributed by atoms with Gasteiger partial charge in [0.1, 0.15) is 24.0 Å². The summed E-state index contributed by atoms with van der Waals surface area (Å²) in [5.41, 5.74) is 3.24. The minimum Gasteiger partial charge on any atom is -0.496 e. The average molecular weight is 459 g/mol. The highest BCUT2D eigenvalue weighted by Crippen LogP contribution is 2.42. The maximum absolute atomic E-state index is 13.1. The lowest BCUT2D eigenvalue weighted by Crippen LogP contribution is -2.31. The van der Waals surface area contributed by atoms with Crippen molar-refractivity contribution in [2.24, 2.45) is 0 Å². The third kappa shape index (κ3) is 3.95. The van der Waals surface area contributed by atoms with Crippen LogP contribution in [0.3, 0.4) is 0 Å². The van der Waals surface area contributed by atoms with E-state index < -0.39 is 0 Å². The van der Waals surface area contributed by atoms with E-state index in [4.69, 9.17) is 23.7 Å². The summed E-state index contributed by atoms with van der Waals surface area (Å²) in [6.07, 6.45) is 1.72. The van der Waals surface area contributed by atoms with Crippen molar-refractivity contribution in [3.63, 3.8) is 0 Å². The summed E-state index contributed by atoms with van der Waals surface area (Å²) in [7, 11) is 4.82. The maximum Gasteiger partial charge on any atom is 0.231 e.